The summed E-state index contributed by atoms with van der Waals surface area (Å²) in [5.41, 5.74) is 1.03. The van der Waals surface area contributed by atoms with Gasteiger partial charge in [0.25, 0.3) is 5.91 Å². The molecule has 20 heavy (non-hydrogen) atoms. The first-order valence-electron chi connectivity index (χ1n) is 5.58. The molecule has 2 aromatic rings. The van der Waals surface area contributed by atoms with Gasteiger partial charge < -0.3 is 14.8 Å². The molecule has 1 amide bonds. The van der Waals surface area contributed by atoms with Gasteiger partial charge in [-0.25, -0.2) is 0 Å². The highest BCUT2D eigenvalue weighted by Crippen LogP contribution is 2.36. The quantitative estimate of drug-likeness (QED) is 0.939. The zero-order valence-corrected chi connectivity index (χ0v) is 12.6. The van der Waals surface area contributed by atoms with Gasteiger partial charge in [0.2, 0.25) is 0 Å². The monoisotopic (exact) mass is 313 g/mol. The molecular formula is C12H12ClN3O3S. The number of rotatable bonds is 4. The second-order valence-corrected chi connectivity index (χ2v) is 4.99. The third kappa shape index (κ3) is 2.83. The zero-order valence-electron chi connectivity index (χ0n) is 11.1. The molecule has 0 aliphatic carbocycles. The van der Waals surface area contributed by atoms with Gasteiger partial charge >= 0.3 is 0 Å². The van der Waals surface area contributed by atoms with Gasteiger partial charge in [-0.1, -0.05) is 16.1 Å². The standard InChI is InChI=1S/C12H12ClN3O3S/c1-6-11(20-16-15-6)12(17)14-8-4-7(13)9(18-2)5-10(8)19-3/h4-5H,1-3H3,(H,14,17). The second kappa shape index (κ2) is 6.06. The number of hydrogen-bond donors (Lipinski definition) is 1. The predicted octanol–water partition coefficient (Wildman–Crippen LogP) is 2.77. The number of anilines is 1. The molecule has 106 valence electrons. The van der Waals surface area contributed by atoms with Crippen molar-refractivity contribution < 1.29 is 14.3 Å². The molecule has 0 spiro atoms. The summed E-state index contributed by atoms with van der Waals surface area (Å²) in [6, 6.07) is 3.18. The first-order valence-corrected chi connectivity index (χ1v) is 6.73. The molecule has 0 saturated heterocycles. The van der Waals surface area contributed by atoms with E-state index in [0.717, 1.165) is 11.5 Å². The summed E-state index contributed by atoms with van der Waals surface area (Å²) < 4.78 is 14.0. The zero-order chi connectivity index (χ0) is 14.7. The molecule has 0 saturated carbocycles. The first kappa shape index (κ1) is 14.5. The van der Waals surface area contributed by atoms with Crippen LogP contribution >= 0.6 is 23.1 Å². The molecule has 1 heterocycles. The van der Waals surface area contributed by atoms with Crippen LogP contribution in [0, 0.1) is 6.92 Å². The van der Waals surface area contributed by atoms with E-state index in [2.05, 4.69) is 14.9 Å². The molecule has 0 aliphatic heterocycles. The number of nitrogens with zero attached hydrogens (tertiary/aromatic N) is 2. The average molecular weight is 314 g/mol. The number of hydrogen-bond acceptors (Lipinski definition) is 6. The van der Waals surface area contributed by atoms with E-state index >= 15 is 0 Å². The van der Waals surface area contributed by atoms with Crippen LogP contribution in [0.25, 0.3) is 0 Å². The van der Waals surface area contributed by atoms with E-state index in [1.807, 2.05) is 0 Å². The maximum atomic E-state index is 12.1. The number of halogens is 1. The molecule has 0 radical (unpaired) electrons. The van der Waals surface area contributed by atoms with Crippen molar-refractivity contribution in [3.63, 3.8) is 0 Å². The molecule has 1 aromatic carbocycles. The Hall–Kier alpha value is -1.86. The Morgan fingerprint density at radius 2 is 2.00 bits per heavy atom. The Labute approximate surface area is 124 Å². The van der Waals surface area contributed by atoms with Crippen LogP contribution in [0.4, 0.5) is 5.69 Å². The topological polar surface area (TPSA) is 73.3 Å². The second-order valence-electron chi connectivity index (χ2n) is 3.83. The number of aryl methyl sites for hydroxylation is 1. The molecule has 0 aliphatic rings. The molecule has 1 aromatic heterocycles. The van der Waals surface area contributed by atoms with Gasteiger partial charge in [0.15, 0.2) is 0 Å². The van der Waals surface area contributed by atoms with Crippen molar-refractivity contribution in [2.24, 2.45) is 0 Å². The summed E-state index contributed by atoms with van der Waals surface area (Å²) in [6.45, 7) is 1.72. The van der Waals surface area contributed by atoms with Crippen LogP contribution in [-0.4, -0.2) is 29.7 Å². The third-order valence-corrected chi connectivity index (χ3v) is 3.70. The van der Waals surface area contributed by atoms with Crippen LogP contribution in [0.3, 0.4) is 0 Å². The van der Waals surface area contributed by atoms with E-state index < -0.39 is 0 Å². The molecule has 6 nitrogen and oxygen atoms in total. The molecule has 8 heteroatoms. The highest BCUT2D eigenvalue weighted by atomic mass is 35.5. The highest BCUT2D eigenvalue weighted by Gasteiger charge is 2.17. The lowest BCUT2D eigenvalue weighted by Gasteiger charge is -2.12. The Kier molecular flexibility index (Phi) is 4.41. The molecule has 0 atom stereocenters. The van der Waals surface area contributed by atoms with E-state index in [4.69, 9.17) is 21.1 Å². The van der Waals surface area contributed by atoms with Crippen molar-refractivity contribution >= 4 is 34.7 Å². The van der Waals surface area contributed by atoms with Crippen molar-refractivity contribution in [1.82, 2.24) is 9.59 Å². The first-order chi connectivity index (χ1) is 9.56. The summed E-state index contributed by atoms with van der Waals surface area (Å²) in [6.07, 6.45) is 0. The third-order valence-electron chi connectivity index (χ3n) is 2.58. The summed E-state index contributed by atoms with van der Waals surface area (Å²) >= 11 is 7.07. The normalized spacial score (nSPS) is 10.2. The maximum Gasteiger partial charge on any atom is 0.269 e. The van der Waals surface area contributed by atoms with Gasteiger partial charge in [-0.2, -0.15) is 0 Å². The molecule has 1 N–H and O–H groups in total. The van der Waals surface area contributed by atoms with Crippen LogP contribution in [0.15, 0.2) is 12.1 Å². The summed E-state index contributed by atoms with van der Waals surface area (Å²) in [5, 5.41) is 6.90. The minimum Gasteiger partial charge on any atom is -0.495 e. The van der Waals surface area contributed by atoms with Gasteiger partial charge in [0.1, 0.15) is 16.4 Å². The summed E-state index contributed by atoms with van der Waals surface area (Å²) in [7, 11) is 3.00. The Morgan fingerprint density at radius 1 is 1.30 bits per heavy atom. The predicted molar refractivity (Wildman–Crippen MR) is 77.2 cm³/mol. The van der Waals surface area contributed by atoms with Gasteiger partial charge in [0.05, 0.1) is 30.6 Å². The lowest BCUT2D eigenvalue weighted by Crippen LogP contribution is -2.12. The number of ether oxygens (including phenoxy) is 2. The minimum atomic E-state index is -0.308. The van der Waals surface area contributed by atoms with Gasteiger partial charge in [-0.3, -0.25) is 4.79 Å². The van der Waals surface area contributed by atoms with Crippen molar-refractivity contribution in [2.45, 2.75) is 6.92 Å². The molecule has 0 fully saturated rings. The SMILES string of the molecule is COc1cc(OC)c(NC(=O)c2snnc2C)cc1Cl. The lowest BCUT2D eigenvalue weighted by molar-refractivity contribution is 0.102. The van der Waals surface area contributed by atoms with Gasteiger partial charge in [0, 0.05) is 6.07 Å². The fourth-order valence-corrected chi connectivity index (χ4v) is 2.37. The maximum absolute atomic E-state index is 12.1. The van der Waals surface area contributed by atoms with E-state index in [1.54, 1.807) is 19.1 Å². The van der Waals surface area contributed by atoms with Crippen molar-refractivity contribution in [2.75, 3.05) is 19.5 Å². The fraction of sp³-hybridized carbons (Fsp3) is 0.250. The van der Waals surface area contributed by atoms with E-state index in [-0.39, 0.29) is 5.91 Å². The summed E-state index contributed by atoms with van der Waals surface area (Å²) in [4.78, 5) is 12.6. The molecule has 0 unspecified atom stereocenters. The van der Waals surface area contributed by atoms with Crippen molar-refractivity contribution in [3.8, 4) is 11.5 Å². The van der Waals surface area contributed by atoms with Crippen LogP contribution in [-0.2, 0) is 0 Å². The van der Waals surface area contributed by atoms with Crippen LogP contribution in [0.5, 0.6) is 11.5 Å². The number of methoxy groups -OCH3 is 2. The highest BCUT2D eigenvalue weighted by molar-refractivity contribution is 7.08. The largest absolute Gasteiger partial charge is 0.495 e. The summed E-state index contributed by atoms with van der Waals surface area (Å²) in [5.74, 6) is 0.615. The van der Waals surface area contributed by atoms with E-state index in [9.17, 15) is 4.79 Å². The minimum absolute atomic E-state index is 0.308. The molecular weight excluding hydrogens is 302 g/mol. The smallest absolute Gasteiger partial charge is 0.269 e. The van der Waals surface area contributed by atoms with Crippen molar-refractivity contribution in [1.29, 1.82) is 0 Å². The van der Waals surface area contributed by atoms with Gasteiger partial charge in [-0.15, -0.1) is 5.10 Å². The van der Waals surface area contributed by atoms with Crippen LogP contribution < -0.4 is 14.8 Å². The number of aromatic nitrogens is 2. The lowest BCUT2D eigenvalue weighted by atomic mass is 10.2. The number of carbonyl (C=O) groups excluding carboxylic acids is 1. The van der Waals surface area contributed by atoms with E-state index in [0.29, 0.717) is 32.8 Å². The van der Waals surface area contributed by atoms with E-state index in [1.165, 1.54) is 14.2 Å². The Morgan fingerprint density at radius 3 is 2.55 bits per heavy atom. The number of benzene rings is 1. The molecule has 0 bridgehead atoms. The average Bonchev–Trinajstić information content (AvgIpc) is 2.85. The Bertz CT molecular complexity index is 645. The Balaban J connectivity index is 2.31. The number of carbonyl (C=O) groups is 1. The number of amides is 1. The fourth-order valence-electron chi connectivity index (χ4n) is 1.58. The van der Waals surface area contributed by atoms with Crippen LogP contribution in [0.2, 0.25) is 5.02 Å². The van der Waals surface area contributed by atoms with Crippen LogP contribution in [0.1, 0.15) is 15.4 Å². The molecule has 2 rings (SSSR count). The van der Waals surface area contributed by atoms with Gasteiger partial charge in [-0.05, 0) is 24.5 Å². The van der Waals surface area contributed by atoms with Crippen molar-refractivity contribution in [3.05, 3.63) is 27.7 Å². The number of nitrogens with one attached hydrogen (secondary N) is 1.